The molecule has 1 aliphatic carbocycles. The minimum absolute atomic E-state index is 0.227. The van der Waals surface area contributed by atoms with Gasteiger partial charge in [-0.3, -0.25) is 9.69 Å². The summed E-state index contributed by atoms with van der Waals surface area (Å²) in [6.07, 6.45) is 6.51. The van der Waals surface area contributed by atoms with E-state index in [2.05, 4.69) is 10.2 Å². The summed E-state index contributed by atoms with van der Waals surface area (Å²) in [5, 5.41) is 2.75. The van der Waals surface area contributed by atoms with Crippen LogP contribution in [-0.2, 0) is 4.79 Å². The molecule has 1 N–H and O–H groups in total. The van der Waals surface area contributed by atoms with Crippen molar-refractivity contribution in [3.05, 3.63) is 0 Å². The molecule has 1 aliphatic heterocycles. The van der Waals surface area contributed by atoms with Gasteiger partial charge in [-0.15, -0.1) is 0 Å². The average Bonchev–Trinajstić information content (AvgIpc) is 2.86. The molecule has 14 heavy (non-hydrogen) atoms. The van der Waals surface area contributed by atoms with Crippen molar-refractivity contribution in [2.75, 3.05) is 20.1 Å². The lowest BCUT2D eigenvalue weighted by molar-refractivity contribution is -0.124. The van der Waals surface area contributed by atoms with Gasteiger partial charge in [0.15, 0.2) is 0 Å². The molecule has 3 nitrogen and oxygen atoms in total. The van der Waals surface area contributed by atoms with Crippen molar-refractivity contribution in [2.45, 2.75) is 38.1 Å². The highest BCUT2D eigenvalue weighted by Crippen LogP contribution is 2.28. The van der Waals surface area contributed by atoms with Crippen LogP contribution in [-0.4, -0.2) is 37.0 Å². The standard InChI is InChI=1S/C11H20N2O/c1-12-11(14)9-6-7-13(8-9)10-4-2-3-5-10/h9-10H,2-8H2,1H3,(H,12,14). The minimum atomic E-state index is 0.227. The fraction of sp³-hybridized carbons (Fsp3) is 0.909. The molecule has 0 aromatic carbocycles. The summed E-state index contributed by atoms with van der Waals surface area (Å²) in [4.78, 5) is 14.0. The molecule has 80 valence electrons. The summed E-state index contributed by atoms with van der Waals surface area (Å²) in [5.41, 5.74) is 0. The first kappa shape index (κ1) is 9.97. The molecule has 2 aliphatic rings. The first-order chi connectivity index (χ1) is 6.81. The van der Waals surface area contributed by atoms with E-state index < -0.39 is 0 Å². The highest BCUT2D eigenvalue weighted by Gasteiger charge is 2.32. The molecule has 1 heterocycles. The van der Waals surface area contributed by atoms with E-state index in [1.54, 1.807) is 7.05 Å². The Bertz CT molecular complexity index is 211. The first-order valence-electron chi connectivity index (χ1n) is 5.77. The van der Waals surface area contributed by atoms with Gasteiger partial charge in [0.05, 0.1) is 5.92 Å². The summed E-state index contributed by atoms with van der Waals surface area (Å²) in [5.74, 6) is 0.478. The molecule has 1 atom stereocenters. The minimum Gasteiger partial charge on any atom is -0.359 e. The zero-order chi connectivity index (χ0) is 9.97. The molecule has 3 heteroatoms. The van der Waals surface area contributed by atoms with E-state index >= 15 is 0 Å². The van der Waals surface area contributed by atoms with Crippen molar-refractivity contribution in [3.8, 4) is 0 Å². The lowest BCUT2D eigenvalue weighted by Gasteiger charge is -2.23. The van der Waals surface area contributed by atoms with Crippen LogP contribution >= 0.6 is 0 Å². The Balaban J connectivity index is 1.84. The predicted octanol–water partition coefficient (Wildman–Crippen LogP) is 0.997. The summed E-state index contributed by atoms with van der Waals surface area (Å²) in [6, 6.07) is 0.782. The third-order valence-electron chi connectivity index (χ3n) is 3.68. The molecule has 0 spiro atoms. The first-order valence-corrected chi connectivity index (χ1v) is 5.77. The van der Waals surface area contributed by atoms with Crippen LogP contribution in [0.1, 0.15) is 32.1 Å². The van der Waals surface area contributed by atoms with Crippen LogP contribution in [0.3, 0.4) is 0 Å². The Morgan fingerprint density at radius 3 is 2.64 bits per heavy atom. The van der Waals surface area contributed by atoms with Crippen LogP contribution in [0.15, 0.2) is 0 Å². The Morgan fingerprint density at radius 2 is 2.00 bits per heavy atom. The third kappa shape index (κ3) is 1.92. The predicted molar refractivity (Wildman–Crippen MR) is 56.0 cm³/mol. The maximum absolute atomic E-state index is 11.4. The molecule has 1 unspecified atom stereocenters. The zero-order valence-corrected chi connectivity index (χ0v) is 8.96. The Hall–Kier alpha value is -0.570. The Labute approximate surface area is 85.8 Å². The van der Waals surface area contributed by atoms with Gasteiger partial charge in [0.25, 0.3) is 0 Å². The van der Waals surface area contributed by atoms with E-state index in [0.29, 0.717) is 0 Å². The molecule has 1 saturated heterocycles. The van der Waals surface area contributed by atoms with Crippen LogP contribution in [0.2, 0.25) is 0 Å². The maximum atomic E-state index is 11.4. The van der Waals surface area contributed by atoms with Gasteiger partial charge >= 0.3 is 0 Å². The molecular formula is C11H20N2O. The number of carbonyl (C=O) groups is 1. The van der Waals surface area contributed by atoms with Gasteiger partial charge in [-0.25, -0.2) is 0 Å². The van der Waals surface area contributed by atoms with Gasteiger partial charge in [-0.1, -0.05) is 12.8 Å². The fourth-order valence-electron chi connectivity index (χ4n) is 2.81. The molecule has 0 bridgehead atoms. The van der Waals surface area contributed by atoms with Crippen molar-refractivity contribution in [2.24, 2.45) is 5.92 Å². The zero-order valence-electron chi connectivity index (χ0n) is 8.96. The van der Waals surface area contributed by atoms with Crippen molar-refractivity contribution in [3.63, 3.8) is 0 Å². The average molecular weight is 196 g/mol. The van der Waals surface area contributed by atoms with E-state index in [1.807, 2.05) is 0 Å². The summed E-state index contributed by atoms with van der Waals surface area (Å²) >= 11 is 0. The van der Waals surface area contributed by atoms with E-state index in [4.69, 9.17) is 0 Å². The Morgan fingerprint density at radius 1 is 1.29 bits per heavy atom. The third-order valence-corrected chi connectivity index (χ3v) is 3.68. The SMILES string of the molecule is CNC(=O)C1CCN(C2CCCC2)C1. The highest BCUT2D eigenvalue weighted by molar-refractivity contribution is 5.78. The van der Waals surface area contributed by atoms with E-state index in [0.717, 1.165) is 25.6 Å². The van der Waals surface area contributed by atoms with Gasteiger partial charge < -0.3 is 5.32 Å². The van der Waals surface area contributed by atoms with Crippen molar-refractivity contribution in [1.29, 1.82) is 0 Å². The second-order valence-electron chi connectivity index (χ2n) is 4.53. The molecule has 0 aromatic rings. The quantitative estimate of drug-likeness (QED) is 0.714. The van der Waals surface area contributed by atoms with Crippen molar-refractivity contribution < 1.29 is 4.79 Å². The smallest absolute Gasteiger partial charge is 0.224 e. The number of carbonyl (C=O) groups excluding carboxylic acids is 1. The van der Waals surface area contributed by atoms with E-state index in [9.17, 15) is 4.79 Å². The molecule has 1 amide bonds. The van der Waals surface area contributed by atoms with Crippen LogP contribution in [0, 0.1) is 5.92 Å². The molecule has 0 radical (unpaired) electrons. The van der Waals surface area contributed by atoms with Crippen molar-refractivity contribution >= 4 is 5.91 Å². The lowest BCUT2D eigenvalue weighted by Crippen LogP contribution is -2.34. The van der Waals surface area contributed by atoms with Gasteiger partial charge in [0.1, 0.15) is 0 Å². The van der Waals surface area contributed by atoms with E-state index in [1.165, 1.54) is 25.7 Å². The number of rotatable bonds is 2. The van der Waals surface area contributed by atoms with Crippen LogP contribution in [0.4, 0.5) is 0 Å². The lowest BCUT2D eigenvalue weighted by atomic mass is 10.1. The number of hydrogen-bond donors (Lipinski definition) is 1. The number of likely N-dealkylation sites (tertiary alicyclic amines) is 1. The van der Waals surface area contributed by atoms with Crippen molar-refractivity contribution in [1.82, 2.24) is 10.2 Å². The molecule has 1 saturated carbocycles. The van der Waals surface area contributed by atoms with Gasteiger partial charge in [0, 0.05) is 19.6 Å². The number of nitrogens with one attached hydrogen (secondary N) is 1. The highest BCUT2D eigenvalue weighted by atomic mass is 16.1. The van der Waals surface area contributed by atoms with Crippen LogP contribution in [0.25, 0.3) is 0 Å². The largest absolute Gasteiger partial charge is 0.359 e. The summed E-state index contributed by atoms with van der Waals surface area (Å²) in [7, 11) is 1.74. The van der Waals surface area contributed by atoms with E-state index in [-0.39, 0.29) is 11.8 Å². The molecule has 2 rings (SSSR count). The normalized spacial score (nSPS) is 29.6. The number of nitrogens with zero attached hydrogens (tertiary/aromatic N) is 1. The van der Waals surface area contributed by atoms with Gasteiger partial charge in [-0.05, 0) is 25.8 Å². The molecule has 2 fully saturated rings. The molecule has 0 aromatic heterocycles. The van der Waals surface area contributed by atoms with Crippen LogP contribution in [0.5, 0.6) is 0 Å². The summed E-state index contributed by atoms with van der Waals surface area (Å²) in [6.45, 7) is 2.12. The maximum Gasteiger partial charge on any atom is 0.224 e. The summed E-state index contributed by atoms with van der Waals surface area (Å²) < 4.78 is 0. The number of hydrogen-bond acceptors (Lipinski definition) is 2. The van der Waals surface area contributed by atoms with Gasteiger partial charge in [-0.2, -0.15) is 0 Å². The monoisotopic (exact) mass is 196 g/mol. The fourth-order valence-corrected chi connectivity index (χ4v) is 2.81. The Kier molecular flexibility index (Phi) is 3.06. The van der Waals surface area contributed by atoms with Crippen LogP contribution < -0.4 is 5.32 Å². The topological polar surface area (TPSA) is 32.3 Å². The second kappa shape index (κ2) is 4.30. The number of amides is 1. The second-order valence-corrected chi connectivity index (χ2v) is 4.53. The van der Waals surface area contributed by atoms with Gasteiger partial charge in [0.2, 0.25) is 5.91 Å². The molecular weight excluding hydrogens is 176 g/mol.